The van der Waals surface area contributed by atoms with Crippen LogP contribution in [0.3, 0.4) is 0 Å². The first-order valence-electron chi connectivity index (χ1n) is 12.5. The van der Waals surface area contributed by atoms with Gasteiger partial charge in [-0.2, -0.15) is 0 Å². The fourth-order valence-corrected chi connectivity index (χ4v) is 5.64. The molecule has 2 aliphatic heterocycles. The highest BCUT2D eigenvalue weighted by Crippen LogP contribution is 2.37. The molecule has 2 aromatic heterocycles. The maximum atomic E-state index is 14.0. The molecule has 10 heteroatoms. The van der Waals surface area contributed by atoms with Crippen LogP contribution in [0.2, 0.25) is 0 Å². The molecular weight excluding hydrogens is 484 g/mol. The van der Waals surface area contributed by atoms with Crippen molar-refractivity contribution < 1.29 is 28.3 Å². The summed E-state index contributed by atoms with van der Waals surface area (Å²) in [5.41, 5.74) is 1.36. The van der Waals surface area contributed by atoms with Crippen LogP contribution in [0.5, 0.6) is 0 Å². The van der Waals surface area contributed by atoms with Crippen LogP contribution in [0.25, 0.3) is 10.8 Å². The minimum atomic E-state index is -0.743. The highest BCUT2D eigenvalue weighted by Gasteiger charge is 2.40. The van der Waals surface area contributed by atoms with Gasteiger partial charge in [-0.15, -0.1) is 0 Å². The van der Waals surface area contributed by atoms with Crippen LogP contribution in [0.1, 0.15) is 54.0 Å². The Morgan fingerprint density at radius 2 is 1.39 bits per heavy atom. The summed E-state index contributed by atoms with van der Waals surface area (Å²) in [6.45, 7) is 0.939. The molecule has 0 bridgehead atoms. The predicted octanol–water partition coefficient (Wildman–Crippen LogP) is 1.29. The number of hydrogen-bond acceptors (Lipinski definition) is 5. The zero-order valence-electron chi connectivity index (χ0n) is 21.5. The average molecular weight is 513 g/mol. The van der Waals surface area contributed by atoms with Gasteiger partial charge in [-0.3, -0.25) is 29.0 Å². The summed E-state index contributed by atoms with van der Waals surface area (Å²) >= 11 is 0. The van der Waals surface area contributed by atoms with E-state index in [4.69, 9.17) is 0 Å². The molecule has 2 aliphatic rings. The molecule has 2 amide bonds. The number of carbonyl (C=O) groups is 4. The molecule has 4 aromatic rings. The van der Waals surface area contributed by atoms with E-state index < -0.39 is 18.0 Å². The number of rotatable bonds is 5. The van der Waals surface area contributed by atoms with Crippen LogP contribution in [0.4, 0.5) is 0 Å². The van der Waals surface area contributed by atoms with Crippen molar-refractivity contribution in [1.29, 1.82) is 0 Å². The summed E-state index contributed by atoms with van der Waals surface area (Å²) in [6, 6.07) is 6.49. The second-order valence-electron chi connectivity index (χ2n) is 10.1. The summed E-state index contributed by atoms with van der Waals surface area (Å²) in [4.78, 5) is 57.5. The Morgan fingerprint density at radius 3 is 2.03 bits per heavy atom. The summed E-state index contributed by atoms with van der Waals surface area (Å²) in [5.74, 6) is -1.19. The Morgan fingerprint density at radius 1 is 0.789 bits per heavy atom. The third kappa shape index (κ3) is 3.67. The summed E-state index contributed by atoms with van der Waals surface area (Å²) in [5, 5.41) is 0.789. The van der Waals surface area contributed by atoms with E-state index in [1.54, 1.807) is 53.3 Å². The van der Waals surface area contributed by atoms with Crippen molar-refractivity contribution >= 4 is 34.2 Å². The van der Waals surface area contributed by atoms with Crippen LogP contribution in [0.15, 0.2) is 61.7 Å². The standard InChI is InChI=1S/C28H28N6O4/c1-29-11-13-32(16-29)9-4-10-34-27(37)20-7-5-18-22(35)15-31(3)26(33-14-12-30(2)17-33)25(36)19-6-8-21(28(34)38)24(20)23(18)19/h5-8,11-14,16-17,26H,4,9-10,15H2,1-3H3/q+2. The number of amides is 2. The smallest absolute Gasteiger partial charge is 0.261 e. The lowest BCUT2D eigenvalue weighted by Crippen LogP contribution is -2.43. The molecule has 0 fully saturated rings. The van der Waals surface area contributed by atoms with Gasteiger partial charge < -0.3 is 0 Å². The Bertz CT molecular complexity index is 1640. The van der Waals surface area contributed by atoms with Crippen LogP contribution >= 0.6 is 0 Å². The van der Waals surface area contributed by atoms with E-state index in [0.29, 0.717) is 46.0 Å². The lowest BCUT2D eigenvalue weighted by atomic mass is 9.85. The molecule has 38 heavy (non-hydrogen) atoms. The Hall–Kier alpha value is -4.44. The molecule has 6 rings (SSSR count). The molecule has 0 saturated heterocycles. The maximum Gasteiger partial charge on any atom is 0.261 e. The van der Waals surface area contributed by atoms with Crippen molar-refractivity contribution in [1.82, 2.24) is 18.9 Å². The molecule has 1 atom stereocenters. The first-order chi connectivity index (χ1) is 18.2. The third-order valence-corrected chi connectivity index (χ3v) is 7.42. The molecule has 1 unspecified atom stereocenters. The molecule has 0 saturated carbocycles. The topological polar surface area (TPSA) is 92.4 Å². The summed E-state index contributed by atoms with van der Waals surface area (Å²) in [7, 11) is 5.53. The molecule has 4 heterocycles. The number of Topliss-reactive ketones (excluding diaryl/α,β-unsaturated/α-hetero) is 2. The highest BCUT2D eigenvalue weighted by molar-refractivity contribution is 6.30. The number of hydrogen-bond donors (Lipinski definition) is 0. The van der Waals surface area contributed by atoms with E-state index in [0.717, 1.165) is 0 Å². The van der Waals surface area contributed by atoms with Crippen molar-refractivity contribution in [3.8, 4) is 0 Å². The SMILES string of the molecule is CN1CC(=O)c2ccc3c4c(ccc(c24)C(=O)C1n1cc[n+](C)c1)C(=O)N(CCCn1cc[n+](C)c1)C3=O. The normalized spacial score (nSPS) is 17.9. The molecular formula is C28H28N6O4+2. The van der Waals surface area contributed by atoms with E-state index in [1.807, 2.05) is 52.7 Å². The van der Waals surface area contributed by atoms with E-state index in [-0.39, 0.29) is 24.7 Å². The minimum absolute atomic E-state index is 0.0155. The van der Waals surface area contributed by atoms with E-state index in [9.17, 15) is 19.2 Å². The quantitative estimate of drug-likeness (QED) is 0.297. The number of ketones is 2. The first kappa shape index (κ1) is 23.9. The van der Waals surface area contributed by atoms with E-state index in [1.165, 1.54) is 4.90 Å². The maximum absolute atomic E-state index is 14.0. The largest absolute Gasteiger partial charge is 0.293 e. The van der Waals surface area contributed by atoms with Crippen molar-refractivity contribution in [2.24, 2.45) is 14.1 Å². The number of aryl methyl sites for hydroxylation is 3. The summed E-state index contributed by atoms with van der Waals surface area (Å²) < 4.78 is 7.52. The number of aromatic nitrogens is 4. The number of nitrogens with zero attached hydrogens (tertiary/aromatic N) is 6. The van der Waals surface area contributed by atoms with Crippen molar-refractivity contribution in [2.75, 3.05) is 20.1 Å². The molecule has 0 aliphatic carbocycles. The van der Waals surface area contributed by atoms with Crippen LogP contribution < -0.4 is 9.13 Å². The van der Waals surface area contributed by atoms with Gasteiger partial charge in [-0.25, -0.2) is 18.3 Å². The molecule has 0 N–H and O–H groups in total. The van der Waals surface area contributed by atoms with Crippen molar-refractivity contribution in [2.45, 2.75) is 19.1 Å². The van der Waals surface area contributed by atoms with Crippen molar-refractivity contribution in [3.05, 3.63) is 84.0 Å². The van der Waals surface area contributed by atoms with Gasteiger partial charge in [0.05, 0.1) is 27.2 Å². The highest BCUT2D eigenvalue weighted by atomic mass is 16.2. The number of carbonyl (C=O) groups excluding carboxylic acids is 4. The number of imide groups is 1. The van der Waals surface area contributed by atoms with Gasteiger partial charge in [0, 0.05) is 46.0 Å². The molecule has 2 aromatic carbocycles. The fourth-order valence-electron chi connectivity index (χ4n) is 5.64. The summed E-state index contributed by atoms with van der Waals surface area (Å²) in [6.07, 6.45) is 11.1. The lowest BCUT2D eigenvalue weighted by Gasteiger charge is -2.31. The van der Waals surface area contributed by atoms with Crippen LogP contribution in [-0.2, 0) is 20.6 Å². The molecule has 10 nitrogen and oxygen atoms in total. The minimum Gasteiger partial charge on any atom is -0.293 e. The van der Waals surface area contributed by atoms with Gasteiger partial charge in [-0.1, -0.05) is 0 Å². The zero-order chi connectivity index (χ0) is 26.7. The molecule has 0 spiro atoms. The van der Waals surface area contributed by atoms with Gasteiger partial charge in [0.2, 0.25) is 24.6 Å². The predicted molar refractivity (Wildman–Crippen MR) is 135 cm³/mol. The first-order valence-corrected chi connectivity index (χ1v) is 12.5. The Balaban J connectivity index is 1.43. The van der Waals surface area contributed by atoms with E-state index >= 15 is 0 Å². The lowest BCUT2D eigenvalue weighted by molar-refractivity contribution is -0.671. The van der Waals surface area contributed by atoms with Gasteiger partial charge in [0.25, 0.3) is 11.8 Å². The average Bonchev–Trinajstić information content (AvgIpc) is 3.50. The zero-order valence-corrected chi connectivity index (χ0v) is 21.5. The fraction of sp³-hybridized carbons (Fsp3) is 0.286. The molecule has 0 radical (unpaired) electrons. The van der Waals surface area contributed by atoms with Gasteiger partial charge in [0.1, 0.15) is 24.8 Å². The second kappa shape index (κ2) is 8.84. The third-order valence-electron chi connectivity index (χ3n) is 7.42. The second-order valence-corrected chi connectivity index (χ2v) is 10.1. The number of benzene rings is 2. The van der Waals surface area contributed by atoms with Gasteiger partial charge in [0.15, 0.2) is 5.78 Å². The Labute approximate surface area is 218 Å². The van der Waals surface area contributed by atoms with Gasteiger partial charge >= 0.3 is 0 Å². The van der Waals surface area contributed by atoms with Crippen LogP contribution in [-0.4, -0.2) is 62.5 Å². The number of likely N-dealkylation sites (N-methyl/N-ethyl adjacent to an activating group) is 1. The monoisotopic (exact) mass is 512 g/mol. The van der Waals surface area contributed by atoms with Crippen molar-refractivity contribution in [3.63, 3.8) is 0 Å². The molecule has 192 valence electrons. The number of imidazole rings is 2. The van der Waals surface area contributed by atoms with Gasteiger partial charge in [-0.05, 0) is 31.3 Å². The van der Waals surface area contributed by atoms with E-state index in [2.05, 4.69) is 0 Å². The Kier molecular flexibility index (Phi) is 5.57. The van der Waals surface area contributed by atoms with Crippen LogP contribution in [0, 0.1) is 0 Å².